The Labute approximate surface area is 107 Å². The van der Waals surface area contributed by atoms with Gasteiger partial charge in [-0.25, -0.2) is 13.2 Å². The summed E-state index contributed by atoms with van der Waals surface area (Å²) in [5.41, 5.74) is 0.890. The van der Waals surface area contributed by atoms with Crippen molar-refractivity contribution in [2.45, 2.75) is 0 Å². The van der Waals surface area contributed by atoms with Crippen molar-refractivity contribution in [3.63, 3.8) is 0 Å². The standard InChI is InChI=1S/C13H14O4S/c1-18(15,16)11-5-10-17-13(14)9-8-12-6-3-2-4-7-12/h2-9,11H,10H2,1H3. The molecule has 0 radical (unpaired) electrons. The van der Waals surface area contributed by atoms with Crippen LogP contribution in [0, 0.1) is 0 Å². The molecule has 0 atom stereocenters. The topological polar surface area (TPSA) is 60.4 Å². The van der Waals surface area contributed by atoms with E-state index in [1.807, 2.05) is 30.3 Å². The average molecular weight is 266 g/mol. The molecule has 0 N–H and O–H groups in total. The summed E-state index contributed by atoms with van der Waals surface area (Å²) in [5.74, 6) is -0.517. The van der Waals surface area contributed by atoms with Crippen LogP contribution in [0.2, 0.25) is 0 Å². The van der Waals surface area contributed by atoms with Gasteiger partial charge in [-0.1, -0.05) is 30.3 Å². The summed E-state index contributed by atoms with van der Waals surface area (Å²) >= 11 is 0. The number of carbonyl (C=O) groups excluding carboxylic acids is 1. The van der Waals surface area contributed by atoms with Crippen LogP contribution in [0.25, 0.3) is 6.08 Å². The lowest BCUT2D eigenvalue weighted by Crippen LogP contribution is -2.00. The summed E-state index contributed by atoms with van der Waals surface area (Å²) in [7, 11) is -3.17. The fraction of sp³-hybridized carbons (Fsp3) is 0.154. The Morgan fingerprint density at radius 2 is 1.94 bits per heavy atom. The van der Waals surface area contributed by atoms with Crippen LogP contribution in [0.4, 0.5) is 0 Å². The summed E-state index contributed by atoms with van der Waals surface area (Å²) in [5, 5.41) is 1.00. The largest absolute Gasteiger partial charge is 0.458 e. The average Bonchev–Trinajstić information content (AvgIpc) is 2.32. The molecular formula is C13H14O4S. The number of hydrogen-bond acceptors (Lipinski definition) is 4. The molecule has 0 bridgehead atoms. The van der Waals surface area contributed by atoms with Crippen LogP contribution >= 0.6 is 0 Å². The van der Waals surface area contributed by atoms with Crippen LogP contribution in [-0.2, 0) is 19.4 Å². The molecule has 0 saturated carbocycles. The van der Waals surface area contributed by atoms with Crippen LogP contribution < -0.4 is 0 Å². The maximum Gasteiger partial charge on any atom is 0.331 e. The van der Waals surface area contributed by atoms with Gasteiger partial charge >= 0.3 is 5.97 Å². The van der Waals surface area contributed by atoms with E-state index in [1.54, 1.807) is 6.08 Å². The van der Waals surface area contributed by atoms with Gasteiger partial charge in [0.2, 0.25) is 0 Å². The zero-order valence-electron chi connectivity index (χ0n) is 9.94. The van der Waals surface area contributed by atoms with E-state index in [1.165, 1.54) is 12.2 Å². The van der Waals surface area contributed by atoms with Crippen molar-refractivity contribution in [3.8, 4) is 0 Å². The lowest BCUT2D eigenvalue weighted by molar-refractivity contribution is -0.136. The fourth-order valence-corrected chi connectivity index (χ4v) is 1.55. The molecule has 0 amide bonds. The van der Waals surface area contributed by atoms with Gasteiger partial charge in [0.15, 0.2) is 9.84 Å². The number of rotatable bonds is 5. The molecule has 0 saturated heterocycles. The van der Waals surface area contributed by atoms with E-state index < -0.39 is 15.8 Å². The second kappa shape index (κ2) is 6.76. The molecule has 0 aliphatic heterocycles. The number of ether oxygens (including phenoxy) is 1. The van der Waals surface area contributed by atoms with Gasteiger partial charge in [-0.05, 0) is 17.7 Å². The summed E-state index contributed by atoms with van der Waals surface area (Å²) in [6.45, 7) is -0.0645. The lowest BCUT2D eigenvalue weighted by Gasteiger charge is -1.96. The summed E-state index contributed by atoms with van der Waals surface area (Å²) in [4.78, 5) is 11.2. The molecule has 1 aromatic rings. The van der Waals surface area contributed by atoms with Gasteiger partial charge < -0.3 is 4.74 Å². The molecule has 96 valence electrons. The molecule has 1 rings (SSSR count). The van der Waals surface area contributed by atoms with Crippen molar-refractivity contribution < 1.29 is 17.9 Å². The molecule has 0 heterocycles. The van der Waals surface area contributed by atoms with E-state index in [0.717, 1.165) is 17.2 Å². The summed E-state index contributed by atoms with van der Waals surface area (Å²) in [6.07, 6.45) is 5.27. The Kier molecular flexibility index (Phi) is 5.32. The summed E-state index contributed by atoms with van der Waals surface area (Å²) in [6, 6.07) is 9.31. The van der Waals surface area contributed by atoms with E-state index in [0.29, 0.717) is 0 Å². The van der Waals surface area contributed by atoms with Gasteiger partial charge in [0.25, 0.3) is 0 Å². The molecule has 0 aromatic heterocycles. The van der Waals surface area contributed by atoms with Gasteiger partial charge in [-0.15, -0.1) is 0 Å². The second-order valence-corrected chi connectivity index (χ2v) is 5.51. The minimum Gasteiger partial charge on any atom is -0.458 e. The summed E-state index contributed by atoms with van der Waals surface area (Å²) < 4.78 is 26.3. The Morgan fingerprint density at radius 1 is 1.28 bits per heavy atom. The maximum absolute atomic E-state index is 11.2. The third kappa shape index (κ3) is 6.65. The Bertz CT molecular complexity index is 542. The van der Waals surface area contributed by atoms with Crippen LogP contribution in [0.1, 0.15) is 5.56 Å². The number of hydrogen-bond donors (Lipinski definition) is 0. The number of esters is 1. The van der Waals surface area contributed by atoms with Crippen molar-refractivity contribution >= 4 is 21.9 Å². The van der Waals surface area contributed by atoms with Crippen molar-refractivity contribution in [2.75, 3.05) is 12.9 Å². The highest BCUT2D eigenvalue weighted by molar-refractivity contribution is 7.93. The zero-order valence-corrected chi connectivity index (χ0v) is 10.8. The van der Waals surface area contributed by atoms with E-state index >= 15 is 0 Å². The van der Waals surface area contributed by atoms with E-state index in [-0.39, 0.29) is 6.61 Å². The molecule has 4 nitrogen and oxygen atoms in total. The second-order valence-electron chi connectivity index (χ2n) is 3.58. The smallest absolute Gasteiger partial charge is 0.331 e. The molecule has 0 aliphatic rings. The first kappa shape index (κ1) is 14.2. The molecule has 0 fully saturated rings. The van der Waals surface area contributed by atoms with Crippen molar-refractivity contribution in [1.29, 1.82) is 0 Å². The van der Waals surface area contributed by atoms with Crippen LogP contribution in [-0.4, -0.2) is 27.2 Å². The molecule has 0 spiro atoms. The van der Waals surface area contributed by atoms with Crippen molar-refractivity contribution in [2.24, 2.45) is 0 Å². The van der Waals surface area contributed by atoms with Crippen molar-refractivity contribution in [1.82, 2.24) is 0 Å². The third-order valence-electron chi connectivity index (χ3n) is 1.88. The molecule has 0 unspecified atom stereocenters. The fourth-order valence-electron chi connectivity index (χ4n) is 1.12. The normalized spacial score (nSPS) is 12.1. The number of sulfone groups is 1. The van der Waals surface area contributed by atoms with Gasteiger partial charge in [0, 0.05) is 17.7 Å². The quantitative estimate of drug-likeness (QED) is 0.602. The minimum absolute atomic E-state index is 0.0645. The highest BCUT2D eigenvalue weighted by Crippen LogP contribution is 2.01. The van der Waals surface area contributed by atoms with Crippen LogP contribution in [0.15, 0.2) is 47.9 Å². The van der Waals surface area contributed by atoms with Crippen molar-refractivity contribution in [3.05, 3.63) is 53.5 Å². The Balaban J connectivity index is 2.39. The predicted octanol–water partition coefficient (Wildman–Crippen LogP) is 1.80. The highest BCUT2D eigenvalue weighted by Gasteiger charge is 1.96. The molecule has 18 heavy (non-hydrogen) atoms. The van der Waals surface area contributed by atoms with Gasteiger partial charge in [-0.3, -0.25) is 0 Å². The van der Waals surface area contributed by atoms with Gasteiger partial charge in [0.1, 0.15) is 6.61 Å². The molecule has 0 aliphatic carbocycles. The van der Waals surface area contributed by atoms with Crippen LogP contribution in [0.3, 0.4) is 0 Å². The van der Waals surface area contributed by atoms with Gasteiger partial charge in [0.05, 0.1) is 0 Å². The number of benzene rings is 1. The SMILES string of the molecule is CS(=O)(=O)C=CCOC(=O)C=Cc1ccccc1. The highest BCUT2D eigenvalue weighted by atomic mass is 32.2. The zero-order chi connectivity index (χ0) is 13.4. The van der Waals surface area contributed by atoms with E-state index in [9.17, 15) is 13.2 Å². The van der Waals surface area contributed by atoms with E-state index in [4.69, 9.17) is 4.74 Å². The van der Waals surface area contributed by atoms with Crippen LogP contribution in [0.5, 0.6) is 0 Å². The van der Waals surface area contributed by atoms with Gasteiger partial charge in [-0.2, -0.15) is 0 Å². The first-order chi connectivity index (χ1) is 8.47. The Hall–Kier alpha value is -1.88. The molecular weight excluding hydrogens is 252 g/mol. The molecule has 5 heteroatoms. The first-order valence-electron chi connectivity index (χ1n) is 5.24. The minimum atomic E-state index is -3.17. The Morgan fingerprint density at radius 3 is 2.56 bits per heavy atom. The van der Waals surface area contributed by atoms with E-state index in [2.05, 4.69) is 0 Å². The third-order valence-corrected chi connectivity index (χ3v) is 2.56. The lowest BCUT2D eigenvalue weighted by atomic mass is 10.2. The maximum atomic E-state index is 11.2. The predicted molar refractivity (Wildman–Crippen MR) is 70.4 cm³/mol. The first-order valence-corrected chi connectivity index (χ1v) is 7.19. The monoisotopic (exact) mass is 266 g/mol. The molecule has 1 aromatic carbocycles. The number of carbonyl (C=O) groups is 1.